The van der Waals surface area contributed by atoms with Gasteiger partial charge < -0.3 is 5.73 Å². The van der Waals surface area contributed by atoms with Crippen LogP contribution < -0.4 is 5.73 Å². The molecule has 1 aliphatic rings. The molecule has 19 heavy (non-hydrogen) atoms. The highest BCUT2D eigenvalue weighted by molar-refractivity contribution is 7.80. The number of rotatable bonds is 7. The van der Waals surface area contributed by atoms with Crippen molar-refractivity contribution in [2.24, 2.45) is 11.1 Å². The summed E-state index contributed by atoms with van der Waals surface area (Å²) in [5.41, 5.74) is 8.29. The van der Waals surface area contributed by atoms with Gasteiger partial charge in [-0.25, -0.2) is 0 Å². The molecular weight excluding hydrogens is 254 g/mol. The molecule has 1 saturated carbocycles. The van der Waals surface area contributed by atoms with Crippen molar-refractivity contribution in [3.05, 3.63) is 29.6 Å². The molecule has 1 aliphatic carbocycles. The molecule has 2 rings (SSSR count). The second kappa shape index (κ2) is 5.97. The van der Waals surface area contributed by atoms with Gasteiger partial charge in [-0.2, -0.15) is 0 Å². The summed E-state index contributed by atoms with van der Waals surface area (Å²) in [7, 11) is 0. The molecule has 0 unspecified atom stereocenters. The van der Waals surface area contributed by atoms with Crippen molar-refractivity contribution in [1.82, 2.24) is 9.88 Å². The molecule has 0 spiro atoms. The van der Waals surface area contributed by atoms with E-state index < -0.39 is 0 Å². The van der Waals surface area contributed by atoms with Crippen LogP contribution in [0.4, 0.5) is 0 Å². The summed E-state index contributed by atoms with van der Waals surface area (Å²) in [6.45, 7) is 7.27. The van der Waals surface area contributed by atoms with Crippen LogP contribution in [0.2, 0.25) is 0 Å². The minimum atomic E-state index is 0.353. The molecule has 0 aliphatic heterocycles. The second-order valence-electron chi connectivity index (χ2n) is 5.72. The number of nitrogens with zero attached hydrogens (tertiary/aromatic N) is 2. The van der Waals surface area contributed by atoms with E-state index in [9.17, 15) is 0 Å². The van der Waals surface area contributed by atoms with Crippen molar-refractivity contribution in [1.29, 1.82) is 0 Å². The van der Waals surface area contributed by atoms with Crippen LogP contribution in [0, 0.1) is 12.3 Å². The first-order valence-electron chi connectivity index (χ1n) is 6.96. The van der Waals surface area contributed by atoms with E-state index in [0.29, 0.717) is 10.4 Å². The van der Waals surface area contributed by atoms with Crippen molar-refractivity contribution in [2.45, 2.75) is 39.7 Å². The van der Waals surface area contributed by atoms with Crippen molar-refractivity contribution < 1.29 is 0 Å². The number of aryl methyl sites for hydroxylation is 1. The van der Waals surface area contributed by atoms with E-state index in [1.807, 2.05) is 13.0 Å². The maximum absolute atomic E-state index is 5.71. The van der Waals surface area contributed by atoms with Crippen LogP contribution in [-0.2, 0) is 6.54 Å². The topological polar surface area (TPSA) is 42.2 Å². The molecule has 4 heteroatoms. The highest BCUT2D eigenvalue weighted by Crippen LogP contribution is 2.49. The summed E-state index contributed by atoms with van der Waals surface area (Å²) >= 11 is 5.07. The van der Waals surface area contributed by atoms with Crippen LogP contribution in [-0.4, -0.2) is 28.0 Å². The monoisotopic (exact) mass is 277 g/mol. The number of hydrogen-bond acceptors (Lipinski definition) is 3. The average molecular weight is 277 g/mol. The van der Waals surface area contributed by atoms with Gasteiger partial charge in [0.2, 0.25) is 0 Å². The van der Waals surface area contributed by atoms with Gasteiger partial charge in [0.05, 0.1) is 10.7 Å². The Balaban J connectivity index is 1.95. The third-order valence-corrected chi connectivity index (χ3v) is 3.99. The van der Waals surface area contributed by atoms with E-state index in [2.05, 4.69) is 28.9 Å². The molecule has 0 atom stereocenters. The molecule has 1 fully saturated rings. The van der Waals surface area contributed by atoms with E-state index in [4.69, 9.17) is 18.0 Å². The lowest BCUT2D eigenvalue weighted by Crippen LogP contribution is -2.32. The Bertz CT molecular complexity index is 454. The lowest BCUT2D eigenvalue weighted by atomic mass is 10.0. The molecule has 0 amide bonds. The Kier molecular flexibility index (Phi) is 4.53. The summed E-state index contributed by atoms with van der Waals surface area (Å²) in [5, 5.41) is 0. The zero-order valence-electron chi connectivity index (χ0n) is 11.9. The summed E-state index contributed by atoms with van der Waals surface area (Å²) < 4.78 is 0. The zero-order chi connectivity index (χ0) is 13.9. The first kappa shape index (κ1) is 14.4. The van der Waals surface area contributed by atoms with Crippen molar-refractivity contribution >= 4 is 17.2 Å². The van der Waals surface area contributed by atoms with Gasteiger partial charge in [-0.15, -0.1) is 0 Å². The predicted molar refractivity (Wildman–Crippen MR) is 83.0 cm³/mol. The minimum Gasteiger partial charge on any atom is -0.393 e. The van der Waals surface area contributed by atoms with Gasteiger partial charge >= 0.3 is 0 Å². The second-order valence-corrected chi connectivity index (χ2v) is 6.24. The van der Waals surface area contributed by atoms with Crippen LogP contribution in [0.3, 0.4) is 0 Å². The predicted octanol–water partition coefficient (Wildman–Crippen LogP) is 2.67. The zero-order valence-corrected chi connectivity index (χ0v) is 12.7. The molecule has 104 valence electrons. The maximum Gasteiger partial charge on any atom is 0.0733 e. The van der Waals surface area contributed by atoms with Crippen molar-refractivity contribution in [3.8, 4) is 0 Å². The summed E-state index contributed by atoms with van der Waals surface area (Å²) in [5.74, 6) is 0. The van der Waals surface area contributed by atoms with E-state index in [-0.39, 0.29) is 0 Å². The Morgan fingerprint density at radius 3 is 2.74 bits per heavy atom. The minimum absolute atomic E-state index is 0.353. The summed E-state index contributed by atoms with van der Waals surface area (Å²) in [6, 6.07) is 6.21. The Labute approximate surface area is 121 Å². The number of aromatic nitrogens is 1. The number of nitrogens with two attached hydrogens (primary N) is 1. The van der Waals surface area contributed by atoms with E-state index in [1.54, 1.807) is 0 Å². The standard InChI is InChI=1S/C15H23N3S/c1-3-18(10-13-6-4-5-12(2)17-13)11-15(7-8-15)9-14(16)19/h4-6H,3,7-11H2,1-2H3,(H2,16,19). The molecule has 2 N–H and O–H groups in total. The lowest BCUT2D eigenvalue weighted by Gasteiger charge is -2.26. The van der Waals surface area contributed by atoms with Gasteiger partial charge in [0.15, 0.2) is 0 Å². The molecule has 1 aromatic rings. The fourth-order valence-electron chi connectivity index (χ4n) is 2.61. The normalized spacial score (nSPS) is 16.6. The number of thiocarbonyl (C=S) groups is 1. The van der Waals surface area contributed by atoms with Crippen LogP contribution in [0.5, 0.6) is 0 Å². The summed E-state index contributed by atoms with van der Waals surface area (Å²) in [4.78, 5) is 7.69. The van der Waals surface area contributed by atoms with E-state index in [1.165, 1.54) is 12.8 Å². The first-order valence-corrected chi connectivity index (χ1v) is 7.37. The molecule has 3 nitrogen and oxygen atoms in total. The van der Waals surface area contributed by atoms with Crippen LogP contribution in [0.1, 0.15) is 37.6 Å². The fourth-order valence-corrected chi connectivity index (χ4v) is 2.91. The molecule has 0 radical (unpaired) electrons. The van der Waals surface area contributed by atoms with Gasteiger partial charge in [0.1, 0.15) is 0 Å². The Morgan fingerprint density at radius 1 is 1.47 bits per heavy atom. The highest BCUT2D eigenvalue weighted by Gasteiger charge is 2.43. The van der Waals surface area contributed by atoms with Gasteiger partial charge in [-0.3, -0.25) is 9.88 Å². The highest BCUT2D eigenvalue weighted by atomic mass is 32.1. The van der Waals surface area contributed by atoms with Gasteiger partial charge in [-0.05, 0) is 43.9 Å². The van der Waals surface area contributed by atoms with Crippen LogP contribution in [0.25, 0.3) is 0 Å². The molecule has 1 aromatic heterocycles. The smallest absolute Gasteiger partial charge is 0.0733 e. The molecular formula is C15H23N3S. The van der Waals surface area contributed by atoms with E-state index in [0.717, 1.165) is 37.4 Å². The van der Waals surface area contributed by atoms with Crippen molar-refractivity contribution in [2.75, 3.05) is 13.1 Å². The third kappa shape index (κ3) is 4.25. The molecule has 1 heterocycles. The SMILES string of the molecule is CCN(Cc1cccc(C)n1)CC1(CC(N)=S)CC1. The number of hydrogen-bond donors (Lipinski definition) is 1. The molecule has 0 aromatic carbocycles. The largest absolute Gasteiger partial charge is 0.393 e. The fraction of sp³-hybridized carbons (Fsp3) is 0.600. The molecule has 0 bridgehead atoms. The maximum atomic E-state index is 5.71. The lowest BCUT2D eigenvalue weighted by molar-refractivity contribution is 0.222. The number of pyridine rings is 1. The average Bonchev–Trinajstić information content (AvgIpc) is 3.07. The van der Waals surface area contributed by atoms with Gasteiger partial charge in [-0.1, -0.05) is 25.2 Å². The van der Waals surface area contributed by atoms with E-state index >= 15 is 0 Å². The van der Waals surface area contributed by atoms with Gasteiger partial charge in [0.25, 0.3) is 0 Å². The molecule has 0 saturated heterocycles. The summed E-state index contributed by atoms with van der Waals surface area (Å²) in [6.07, 6.45) is 3.39. The third-order valence-electron chi connectivity index (χ3n) is 3.84. The van der Waals surface area contributed by atoms with Crippen molar-refractivity contribution in [3.63, 3.8) is 0 Å². The quantitative estimate of drug-likeness (QED) is 0.778. The Morgan fingerprint density at radius 2 is 2.21 bits per heavy atom. The van der Waals surface area contributed by atoms with Crippen LogP contribution in [0.15, 0.2) is 18.2 Å². The first-order chi connectivity index (χ1) is 9.03. The van der Waals surface area contributed by atoms with Crippen LogP contribution >= 0.6 is 12.2 Å². The van der Waals surface area contributed by atoms with Gasteiger partial charge in [0, 0.05) is 25.2 Å². The Hall–Kier alpha value is -1.00.